The molecule has 2 fully saturated rings. The lowest BCUT2D eigenvalue weighted by atomic mass is 9.66. The van der Waals surface area contributed by atoms with Crippen LogP contribution < -0.4 is 0 Å². The van der Waals surface area contributed by atoms with Gasteiger partial charge in [0.15, 0.2) is 0 Å². The van der Waals surface area contributed by atoms with Gasteiger partial charge in [0.1, 0.15) is 0 Å². The Morgan fingerprint density at radius 2 is 2.06 bits per heavy atom. The van der Waals surface area contributed by atoms with Crippen LogP contribution in [0.1, 0.15) is 47.0 Å². The predicted octanol–water partition coefficient (Wildman–Crippen LogP) is 1.71. The molecule has 1 aliphatic heterocycles. The zero-order valence-electron chi connectivity index (χ0n) is 10.7. The predicted molar refractivity (Wildman–Crippen MR) is 62.1 cm³/mol. The number of aliphatic hydroxyl groups excluding tert-OH is 1. The molecule has 0 aromatic rings. The first-order valence-corrected chi connectivity index (χ1v) is 6.33. The second-order valence-corrected chi connectivity index (χ2v) is 6.34. The zero-order valence-corrected chi connectivity index (χ0v) is 10.7. The largest absolute Gasteiger partial charge is 0.393 e. The third kappa shape index (κ3) is 1.89. The van der Waals surface area contributed by atoms with E-state index in [2.05, 4.69) is 13.8 Å². The van der Waals surface area contributed by atoms with E-state index in [1.807, 2.05) is 6.92 Å². The molecule has 0 spiro atoms. The lowest BCUT2D eigenvalue weighted by Gasteiger charge is -2.42. The Morgan fingerprint density at radius 1 is 1.44 bits per heavy atom. The molecule has 2 aliphatic rings. The summed E-state index contributed by atoms with van der Waals surface area (Å²) in [5.74, 6) is 0.526. The van der Waals surface area contributed by atoms with Crippen LogP contribution in [-0.2, 0) is 4.74 Å². The Hall–Kier alpha value is -0.120. The molecule has 0 aromatic heterocycles. The summed E-state index contributed by atoms with van der Waals surface area (Å²) in [5, 5.41) is 20.2. The van der Waals surface area contributed by atoms with E-state index in [-0.39, 0.29) is 17.6 Å². The molecule has 0 radical (unpaired) electrons. The highest BCUT2D eigenvalue weighted by molar-refractivity contribution is 5.05. The van der Waals surface area contributed by atoms with Crippen molar-refractivity contribution in [3.05, 3.63) is 0 Å². The van der Waals surface area contributed by atoms with Crippen LogP contribution in [0.3, 0.4) is 0 Å². The quantitative estimate of drug-likeness (QED) is 0.756. The first kappa shape index (κ1) is 12.3. The molecular weight excluding hydrogens is 204 g/mol. The van der Waals surface area contributed by atoms with Gasteiger partial charge in [-0.25, -0.2) is 0 Å². The third-order valence-corrected chi connectivity index (χ3v) is 4.61. The molecule has 1 saturated carbocycles. The van der Waals surface area contributed by atoms with Crippen molar-refractivity contribution >= 4 is 0 Å². The summed E-state index contributed by atoms with van der Waals surface area (Å²) in [5.41, 5.74) is -0.877. The number of fused-ring (bicyclic) bond motifs is 2. The van der Waals surface area contributed by atoms with E-state index in [0.717, 1.165) is 12.8 Å². The summed E-state index contributed by atoms with van der Waals surface area (Å²) in [6.07, 6.45) is 1.96. The SMILES string of the molecule is C[C@H](O)C[C@]1(O)C[C@H]2C[C@H](OC2(C)C)[C@@H]1C. The maximum Gasteiger partial charge on any atom is 0.0726 e. The van der Waals surface area contributed by atoms with Gasteiger partial charge in [0.2, 0.25) is 0 Å². The normalized spacial score (nSPS) is 48.0. The minimum atomic E-state index is -0.754. The van der Waals surface area contributed by atoms with Crippen LogP contribution in [0, 0.1) is 11.8 Å². The van der Waals surface area contributed by atoms with Gasteiger partial charge in [-0.3, -0.25) is 0 Å². The van der Waals surface area contributed by atoms with Crippen LogP contribution in [0.2, 0.25) is 0 Å². The average Bonchev–Trinajstić information content (AvgIpc) is 2.35. The Balaban J connectivity index is 2.19. The lowest BCUT2D eigenvalue weighted by Crippen LogP contribution is -2.48. The van der Waals surface area contributed by atoms with Gasteiger partial charge in [0.05, 0.1) is 23.4 Å². The van der Waals surface area contributed by atoms with Crippen molar-refractivity contribution in [2.24, 2.45) is 11.8 Å². The summed E-state index contributed by atoms with van der Waals surface area (Å²) in [7, 11) is 0. The van der Waals surface area contributed by atoms with E-state index in [9.17, 15) is 10.2 Å². The molecule has 5 atom stereocenters. The fraction of sp³-hybridized carbons (Fsp3) is 1.00. The van der Waals surface area contributed by atoms with Gasteiger partial charge in [-0.2, -0.15) is 0 Å². The molecule has 0 amide bonds. The number of ether oxygens (including phenoxy) is 1. The monoisotopic (exact) mass is 228 g/mol. The number of rotatable bonds is 2. The molecule has 0 aromatic carbocycles. The van der Waals surface area contributed by atoms with Crippen molar-refractivity contribution in [2.45, 2.75) is 70.4 Å². The molecule has 94 valence electrons. The smallest absolute Gasteiger partial charge is 0.0726 e. The van der Waals surface area contributed by atoms with Crippen molar-refractivity contribution in [3.63, 3.8) is 0 Å². The summed E-state index contributed by atoms with van der Waals surface area (Å²) >= 11 is 0. The maximum absolute atomic E-state index is 10.7. The minimum absolute atomic E-state index is 0.111. The van der Waals surface area contributed by atoms with Crippen LogP contribution in [0.25, 0.3) is 0 Å². The number of hydrogen-bond acceptors (Lipinski definition) is 3. The van der Waals surface area contributed by atoms with Crippen LogP contribution >= 0.6 is 0 Å². The molecule has 2 bridgehead atoms. The molecule has 2 rings (SSSR count). The fourth-order valence-electron chi connectivity index (χ4n) is 3.47. The molecule has 0 unspecified atom stereocenters. The highest BCUT2D eigenvalue weighted by Crippen LogP contribution is 2.51. The van der Waals surface area contributed by atoms with E-state index in [0.29, 0.717) is 12.3 Å². The Morgan fingerprint density at radius 3 is 2.62 bits per heavy atom. The van der Waals surface area contributed by atoms with Gasteiger partial charge in [-0.05, 0) is 39.5 Å². The molecule has 16 heavy (non-hydrogen) atoms. The van der Waals surface area contributed by atoms with E-state index >= 15 is 0 Å². The number of hydrogen-bond donors (Lipinski definition) is 2. The molecule has 2 N–H and O–H groups in total. The Labute approximate surface area is 97.8 Å². The molecule has 1 saturated heterocycles. The molecule has 3 nitrogen and oxygen atoms in total. The van der Waals surface area contributed by atoms with Gasteiger partial charge >= 0.3 is 0 Å². The first-order chi connectivity index (χ1) is 7.24. The summed E-state index contributed by atoms with van der Waals surface area (Å²) < 4.78 is 6.02. The Bertz CT molecular complexity index is 274. The number of aliphatic hydroxyl groups is 2. The highest BCUT2D eigenvalue weighted by Gasteiger charge is 2.55. The molecule has 1 heterocycles. The summed E-state index contributed by atoms with van der Waals surface area (Å²) in [6.45, 7) is 8.01. The van der Waals surface area contributed by atoms with Crippen molar-refractivity contribution in [1.82, 2.24) is 0 Å². The lowest BCUT2D eigenvalue weighted by molar-refractivity contribution is -0.107. The van der Waals surface area contributed by atoms with Crippen LogP contribution in [0.15, 0.2) is 0 Å². The van der Waals surface area contributed by atoms with E-state index < -0.39 is 11.7 Å². The summed E-state index contributed by atoms with van der Waals surface area (Å²) in [4.78, 5) is 0. The van der Waals surface area contributed by atoms with Crippen LogP contribution in [0.4, 0.5) is 0 Å². The molecule has 1 aliphatic carbocycles. The van der Waals surface area contributed by atoms with Crippen molar-refractivity contribution in [2.75, 3.05) is 0 Å². The minimum Gasteiger partial charge on any atom is -0.393 e. The van der Waals surface area contributed by atoms with Crippen LogP contribution in [0.5, 0.6) is 0 Å². The zero-order chi connectivity index (χ0) is 12.1. The fourth-order valence-corrected chi connectivity index (χ4v) is 3.47. The Kier molecular flexibility index (Phi) is 2.84. The van der Waals surface area contributed by atoms with Gasteiger partial charge in [0.25, 0.3) is 0 Å². The van der Waals surface area contributed by atoms with Crippen molar-refractivity contribution < 1.29 is 14.9 Å². The van der Waals surface area contributed by atoms with E-state index in [4.69, 9.17) is 4.74 Å². The standard InChI is InChI=1S/C13H24O3/c1-8(14)6-13(15)7-10-5-11(9(13)2)16-12(10,3)4/h8-11,14-15H,5-7H2,1-4H3/t8-,9-,10+,11-,13-/m0/s1. The van der Waals surface area contributed by atoms with E-state index in [1.54, 1.807) is 6.92 Å². The first-order valence-electron chi connectivity index (χ1n) is 6.33. The maximum atomic E-state index is 10.7. The van der Waals surface area contributed by atoms with Crippen molar-refractivity contribution in [3.8, 4) is 0 Å². The third-order valence-electron chi connectivity index (χ3n) is 4.61. The molecule has 3 heteroatoms. The second kappa shape index (κ2) is 3.69. The average molecular weight is 228 g/mol. The van der Waals surface area contributed by atoms with Gasteiger partial charge in [0, 0.05) is 12.3 Å². The van der Waals surface area contributed by atoms with Gasteiger partial charge in [-0.15, -0.1) is 0 Å². The molecular formula is C13H24O3. The van der Waals surface area contributed by atoms with Gasteiger partial charge in [-0.1, -0.05) is 6.92 Å². The highest BCUT2D eigenvalue weighted by atomic mass is 16.5. The van der Waals surface area contributed by atoms with Crippen LogP contribution in [-0.4, -0.2) is 33.6 Å². The van der Waals surface area contributed by atoms with Gasteiger partial charge < -0.3 is 14.9 Å². The van der Waals surface area contributed by atoms with E-state index in [1.165, 1.54) is 0 Å². The summed E-state index contributed by atoms with van der Waals surface area (Å²) in [6, 6.07) is 0. The topological polar surface area (TPSA) is 49.7 Å². The van der Waals surface area contributed by atoms with Crippen molar-refractivity contribution in [1.29, 1.82) is 0 Å². The second-order valence-electron chi connectivity index (χ2n) is 6.34.